The van der Waals surface area contributed by atoms with Gasteiger partial charge in [-0.05, 0) is 25.7 Å². The SMILES string of the molecule is CCS(=O)(=O)CCCC(CSC1CCCC1)NN. The van der Waals surface area contributed by atoms with Gasteiger partial charge in [0.25, 0.3) is 0 Å². The minimum absolute atomic E-state index is 0.239. The molecule has 18 heavy (non-hydrogen) atoms. The topological polar surface area (TPSA) is 72.2 Å². The molecule has 1 aliphatic carbocycles. The van der Waals surface area contributed by atoms with Crippen molar-refractivity contribution in [3.63, 3.8) is 0 Å². The Hall–Kier alpha value is 0.220. The van der Waals surface area contributed by atoms with Crippen LogP contribution in [0.1, 0.15) is 45.4 Å². The van der Waals surface area contributed by atoms with Crippen LogP contribution in [0.3, 0.4) is 0 Å². The lowest BCUT2D eigenvalue weighted by atomic mass is 10.2. The van der Waals surface area contributed by atoms with E-state index in [-0.39, 0.29) is 17.5 Å². The molecule has 0 amide bonds. The fourth-order valence-electron chi connectivity index (χ4n) is 2.22. The maximum atomic E-state index is 11.4. The van der Waals surface area contributed by atoms with Crippen molar-refractivity contribution >= 4 is 21.6 Å². The summed E-state index contributed by atoms with van der Waals surface area (Å²) in [5.41, 5.74) is 2.81. The third kappa shape index (κ3) is 6.41. The highest BCUT2D eigenvalue weighted by Gasteiger charge is 2.17. The average Bonchev–Trinajstić information content (AvgIpc) is 2.86. The van der Waals surface area contributed by atoms with Gasteiger partial charge in [0.2, 0.25) is 0 Å². The van der Waals surface area contributed by atoms with Gasteiger partial charge >= 0.3 is 0 Å². The molecule has 0 saturated heterocycles. The van der Waals surface area contributed by atoms with E-state index in [9.17, 15) is 8.42 Å². The van der Waals surface area contributed by atoms with Crippen LogP contribution >= 0.6 is 11.8 Å². The Morgan fingerprint density at radius 2 is 2.06 bits per heavy atom. The second-order valence-corrected chi connectivity index (χ2v) is 8.79. The minimum Gasteiger partial charge on any atom is -0.271 e. The number of thioether (sulfide) groups is 1. The molecule has 1 rings (SSSR count). The lowest BCUT2D eigenvalue weighted by Gasteiger charge is -2.17. The zero-order valence-electron chi connectivity index (χ0n) is 11.2. The highest BCUT2D eigenvalue weighted by Crippen LogP contribution is 2.29. The molecule has 0 spiro atoms. The summed E-state index contributed by atoms with van der Waals surface area (Å²) in [4.78, 5) is 0. The van der Waals surface area contributed by atoms with Gasteiger partial charge in [-0.2, -0.15) is 11.8 Å². The van der Waals surface area contributed by atoms with E-state index < -0.39 is 9.84 Å². The summed E-state index contributed by atoms with van der Waals surface area (Å²) in [5.74, 6) is 7.05. The van der Waals surface area contributed by atoms with E-state index >= 15 is 0 Å². The summed E-state index contributed by atoms with van der Waals surface area (Å²) in [6.45, 7) is 1.70. The number of nitrogens with one attached hydrogen (secondary N) is 1. The van der Waals surface area contributed by atoms with Crippen LogP contribution in [0.2, 0.25) is 0 Å². The second-order valence-electron chi connectivity index (χ2n) is 4.98. The standard InChI is InChI=1S/C12H26N2O2S2/c1-2-18(15,16)9-5-6-11(14-13)10-17-12-7-3-4-8-12/h11-12,14H,2-10,13H2,1H3. The number of sulfone groups is 1. The number of hydrogen-bond acceptors (Lipinski definition) is 5. The van der Waals surface area contributed by atoms with Gasteiger partial charge in [-0.3, -0.25) is 11.3 Å². The molecule has 3 N–H and O–H groups in total. The Morgan fingerprint density at radius 3 is 2.61 bits per heavy atom. The van der Waals surface area contributed by atoms with Crippen molar-refractivity contribution in [3.05, 3.63) is 0 Å². The van der Waals surface area contributed by atoms with Crippen LogP contribution < -0.4 is 11.3 Å². The summed E-state index contributed by atoms with van der Waals surface area (Å²) < 4.78 is 22.8. The van der Waals surface area contributed by atoms with Gasteiger partial charge in [0.1, 0.15) is 9.84 Å². The Labute approximate surface area is 115 Å². The van der Waals surface area contributed by atoms with E-state index in [1.807, 2.05) is 11.8 Å². The number of hydrazine groups is 1. The van der Waals surface area contributed by atoms with Crippen LogP contribution in [0.25, 0.3) is 0 Å². The summed E-state index contributed by atoms with van der Waals surface area (Å²) in [5, 5.41) is 0.792. The van der Waals surface area contributed by atoms with Crippen molar-refractivity contribution in [2.24, 2.45) is 5.84 Å². The van der Waals surface area contributed by atoms with Crippen LogP contribution in [0.5, 0.6) is 0 Å². The predicted octanol–water partition coefficient (Wildman–Crippen LogP) is 1.71. The average molecular weight is 294 g/mol. The molecule has 0 radical (unpaired) electrons. The highest BCUT2D eigenvalue weighted by molar-refractivity contribution is 7.99. The van der Waals surface area contributed by atoms with Crippen molar-refractivity contribution in [3.8, 4) is 0 Å². The summed E-state index contributed by atoms with van der Waals surface area (Å²) >= 11 is 1.99. The van der Waals surface area contributed by atoms with Gasteiger partial charge in [-0.25, -0.2) is 8.42 Å². The molecule has 6 heteroatoms. The van der Waals surface area contributed by atoms with E-state index in [0.29, 0.717) is 6.42 Å². The molecule has 1 aliphatic rings. The van der Waals surface area contributed by atoms with E-state index in [2.05, 4.69) is 5.43 Å². The molecule has 1 atom stereocenters. The van der Waals surface area contributed by atoms with Crippen molar-refractivity contribution in [2.75, 3.05) is 17.3 Å². The molecule has 0 aliphatic heterocycles. The molecule has 0 heterocycles. The van der Waals surface area contributed by atoms with Crippen LogP contribution in [-0.2, 0) is 9.84 Å². The molecule has 0 aromatic rings. The van der Waals surface area contributed by atoms with Gasteiger partial charge < -0.3 is 0 Å². The van der Waals surface area contributed by atoms with Crippen LogP contribution in [0.15, 0.2) is 0 Å². The molecular weight excluding hydrogens is 268 g/mol. The van der Waals surface area contributed by atoms with E-state index in [1.165, 1.54) is 25.7 Å². The van der Waals surface area contributed by atoms with E-state index in [0.717, 1.165) is 17.4 Å². The summed E-state index contributed by atoms with van der Waals surface area (Å²) in [6, 6.07) is 0.239. The number of hydrogen-bond donors (Lipinski definition) is 2. The van der Waals surface area contributed by atoms with E-state index in [1.54, 1.807) is 6.92 Å². The summed E-state index contributed by atoms with van der Waals surface area (Å²) in [6.07, 6.45) is 6.91. The third-order valence-corrected chi connectivity index (χ3v) is 6.85. The lowest BCUT2D eigenvalue weighted by Crippen LogP contribution is -2.37. The fourth-order valence-corrected chi connectivity index (χ4v) is 4.55. The van der Waals surface area contributed by atoms with Crippen LogP contribution in [-0.4, -0.2) is 37.0 Å². The van der Waals surface area contributed by atoms with Crippen molar-refractivity contribution < 1.29 is 8.42 Å². The molecular formula is C12H26N2O2S2. The number of rotatable bonds is 9. The lowest BCUT2D eigenvalue weighted by molar-refractivity contribution is 0.527. The highest BCUT2D eigenvalue weighted by atomic mass is 32.2. The Kier molecular flexibility index (Phi) is 7.60. The zero-order valence-corrected chi connectivity index (χ0v) is 12.9. The van der Waals surface area contributed by atoms with Crippen molar-refractivity contribution in [2.45, 2.75) is 56.7 Å². The molecule has 1 unspecified atom stereocenters. The number of nitrogens with two attached hydrogens (primary N) is 1. The minimum atomic E-state index is -2.83. The maximum absolute atomic E-state index is 11.4. The Balaban J connectivity index is 2.16. The first-order valence-corrected chi connectivity index (χ1v) is 9.72. The largest absolute Gasteiger partial charge is 0.271 e. The van der Waals surface area contributed by atoms with Crippen LogP contribution in [0.4, 0.5) is 0 Å². The third-order valence-electron chi connectivity index (χ3n) is 3.52. The molecule has 108 valence electrons. The molecule has 0 bridgehead atoms. The quantitative estimate of drug-likeness (QED) is 0.500. The summed E-state index contributed by atoms with van der Waals surface area (Å²) in [7, 11) is -2.83. The van der Waals surface area contributed by atoms with Crippen molar-refractivity contribution in [1.29, 1.82) is 0 Å². The van der Waals surface area contributed by atoms with Crippen LogP contribution in [0, 0.1) is 0 Å². The Morgan fingerprint density at radius 1 is 1.39 bits per heavy atom. The molecule has 1 fully saturated rings. The first kappa shape index (κ1) is 16.3. The maximum Gasteiger partial charge on any atom is 0.150 e. The monoisotopic (exact) mass is 294 g/mol. The van der Waals surface area contributed by atoms with Gasteiger partial charge in [-0.15, -0.1) is 0 Å². The zero-order chi connectivity index (χ0) is 13.4. The van der Waals surface area contributed by atoms with Gasteiger partial charge in [0, 0.05) is 22.8 Å². The van der Waals surface area contributed by atoms with Gasteiger partial charge in [-0.1, -0.05) is 19.8 Å². The second kappa shape index (κ2) is 8.40. The molecule has 0 aromatic carbocycles. The predicted molar refractivity (Wildman–Crippen MR) is 79.4 cm³/mol. The molecule has 4 nitrogen and oxygen atoms in total. The van der Waals surface area contributed by atoms with Gasteiger partial charge in [0.15, 0.2) is 0 Å². The van der Waals surface area contributed by atoms with Crippen molar-refractivity contribution in [1.82, 2.24) is 5.43 Å². The first-order valence-electron chi connectivity index (χ1n) is 6.85. The fraction of sp³-hybridized carbons (Fsp3) is 1.00. The normalized spacial score (nSPS) is 19.2. The van der Waals surface area contributed by atoms with Gasteiger partial charge in [0.05, 0.1) is 5.75 Å². The van der Waals surface area contributed by atoms with E-state index in [4.69, 9.17) is 5.84 Å². The molecule has 0 aromatic heterocycles. The first-order chi connectivity index (χ1) is 8.57. The molecule has 1 saturated carbocycles. The Bertz CT molecular complexity index is 314. The smallest absolute Gasteiger partial charge is 0.150 e.